The first-order valence-corrected chi connectivity index (χ1v) is 7.26. The van der Waals surface area contributed by atoms with E-state index < -0.39 is 0 Å². The van der Waals surface area contributed by atoms with Crippen LogP contribution in [0.15, 0.2) is 36.4 Å². The van der Waals surface area contributed by atoms with E-state index in [1.165, 1.54) is 0 Å². The van der Waals surface area contributed by atoms with Gasteiger partial charge in [-0.2, -0.15) is 5.26 Å². The summed E-state index contributed by atoms with van der Waals surface area (Å²) in [6.07, 6.45) is 0. The van der Waals surface area contributed by atoms with Gasteiger partial charge in [-0.1, -0.05) is 36.2 Å². The number of nitrogens with zero attached hydrogens (tertiary/aromatic N) is 1. The van der Waals surface area contributed by atoms with Gasteiger partial charge < -0.3 is 10.1 Å². The smallest absolute Gasteiger partial charge is 0.147 e. The Morgan fingerprint density at radius 2 is 1.95 bits per heavy atom. The summed E-state index contributed by atoms with van der Waals surface area (Å²) in [5.74, 6) is 0.891. The quantitative estimate of drug-likeness (QED) is 0.863. The first-order valence-electron chi connectivity index (χ1n) is 6.50. The Morgan fingerprint density at radius 1 is 1.14 bits per heavy atom. The van der Waals surface area contributed by atoms with Gasteiger partial charge in [-0.15, -0.1) is 0 Å². The zero-order valence-corrected chi connectivity index (χ0v) is 13.0. The molecule has 1 N–H and O–H groups in total. The van der Waals surface area contributed by atoms with E-state index in [2.05, 4.69) is 11.4 Å². The van der Waals surface area contributed by atoms with Crippen molar-refractivity contribution in [1.82, 2.24) is 5.32 Å². The summed E-state index contributed by atoms with van der Waals surface area (Å²) in [6, 6.07) is 12.6. The summed E-state index contributed by atoms with van der Waals surface area (Å²) in [7, 11) is 0. The molecule has 0 radical (unpaired) electrons. The Bertz CT molecular complexity index is 680. The van der Waals surface area contributed by atoms with Crippen LogP contribution in [0.25, 0.3) is 0 Å². The lowest BCUT2D eigenvalue weighted by Gasteiger charge is -2.11. The normalized spacial score (nSPS) is 10.2. The predicted octanol–water partition coefficient (Wildman–Crippen LogP) is 4.77. The number of hydrogen-bond acceptors (Lipinski definition) is 3. The topological polar surface area (TPSA) is 45.0 Å². The van der Waals surface area contributed by atoms with Crippen LogP contribution in [0.2, 0.25) is 10.0 Å². The van der Waals surface area contributed by atoms with Crippen molar-refractivity contribution in [3.05, 3.63) is 57.6 Å². The molecule has 0 unspecified atom stereocenters. The average Bonchev–Trinajstić information content (AvgIpc) is 2.49. The van der Waals surface area contributed by atoms with E-state index in [0.29, 0.717) is 33.7 Å². The maximum atomic E-state index is 9.26. The van der Waals surface area contributed by atoms with Crippen LogP contribution in [0.1, 0.15) is 18.1 Å². The fourth-order valence-electron chi connectivity index (χ4n) is 1.81. The average molecular weight is 321 g/mol. The highest BCUT2D eigenvalue weighted by Gasteiger charge is 2.09. The number of hydrogen-bond donors (Lipinski definition) is 1. The maximum absolute atomic E-state index is 9.26. The fraction of sp³-hybridized carbons (Fsp3) is 0.188. The maximum Gasteiger partial charge on any atom is 0.147 e. The molecule has 108 valence electrons. The molecule has 2 rings (SSSR count). The highest BCUT2D eigenvalue weighted by atomic mass is 35.5. The van der Waals surface area contributed by atoms with Crippen molar-refractivity contribution in [2.24, 2.45) is 0 Å². The molecular formula is C16H14Cl2N2O. The highest BCUT2D eigenvalue weighted by molar-refractivity contribution is 6.34. The van der Waals surface area contributed by atoms with Crippen molar-refractivity contribution in [3.63, 3.8) is 0 Å². The second-order valence-corrected chi connectivity index (χ2v) is 5.24. The van der Waals surface area contributed by atoms with Crippen molar-refractivity contribution < 1.29 is 4.74 Å². The van der Waals surface area contributed by atoms with Crippen LogP contribution < -0.4 is 10.1 Å². The molecule has 0 saturated heterocycles. The van der Waals surface area contributed by atoms with Crippen LogP contribution in [0.3, 0.4) is 0 Å². The fourth-order valence-corrected chi connectivity index (χ4v) is 2.12. The summed E-state index contributed by atoms with van der Waals surface area (Å²) < 4.78 is 5.71. The summed E-state index contributed by atoms with van der Waals surface area (Å²) >= 11 is 12.0. The number of ether oxygens (including phenoxy) is 1. The van der Waals surface area contributed by atoms with Gasteiger partial charge in [0.1, 0.15) is 17.6 Å². The minimum atomic E-state index is 0.431. The Morgan fingerprint density at radius 3 is 2.67 bits per heavy atom. The summed E-state index contributed by atoms with van der Waals surface area (Å²) in [4.78, 5) is 0. The van der Waals surface area contributed by atoms with Crippen LogP contribution in [0.5, 0.6) is 11.5 Å². The van der Waals surface area contributed by atoms with Gasteiger partial charge in [0.05, 0.1) is 10.6 Å². The SMILES string of the molecule is CCNCc1ccc(Oc2cc(Cl)ccc2Cl)c(C#N)c1. The van der Waals surface area contributed by atoms with E-state index in [4.69, 9.17) is 27.9 Å². The Labute approximate surface area is 134 Å². The molecule has 0 atom stereocenters. The molecule has 21 heavy (non-hydrogen) atoms. The third-order valence-electron chi connectivity index (χ3n) is 2.86. The zero-order valence-electron chi connectivity index (χ0n) is 11.5. The molecule has 0 aliphatic rings. The van der Waals surface area contributed by atoms with Crippen LogP contribution in [-0.4, -0.2) is 6.54 Å². The molecule has 3 nitrogen and oxygen atoms in total. The number of rotatable bonds is 5. The highest BCUT2D eigenvalue weighted by Crippen LogP contribution is 2.33. The van der Waals surface area contributed by atoms with Crippen LogP contribution >= 0.6 is 23.2 Å². The Hall–Kier alpha value is -1.73. The van der Waals surface area contributed by atoms with Crippen molar-refractivity contribution in [2.45, 2.75) is 13.5 Å². The lowest BCUT2D eigenvalue weighted by atomic mass is 10.1. The summed E-state index contributed by atoms with van der Waals surface area (Å²) in [5, 5.41) is 13.4. The molecule has 0 aliphatic heterocycles. The first kappa shape index (κ1) is 15.7. The van der Waals surface area contributed by atoms with Gasteiger partial charge in [-0.05, 0) is 36.4 Å². The third-order valence-corrected chi connectivity index (χ3v) is 3.40. The largest absolute Gasteiger partial charge is 0.454 e. The number of halogens is 2. The van der Waals surface area contributed by atoms with Gasteiger partial charge in [-0.25, -0.2) is 0 Å². The molecule has 0 saturated carbocycles. The van der Waals surface area contributed by atoms with Crippen LogP contribution in [-0.2, 0) is 6.54 Å². The van der Waals surface area contributed by atoms with Crippen molar-refractivity contribution in [3.8, 4) is 17.6 Å². The molecular weight excluding hydrogens is 307 g/mol. The molecule has 5 heteroatoms. The van der Waals surface area contributed by atoms with E-state index in [-0.39, 0.29) is 0 Å². The molecule has 0 spiro atoms. The molecule has 0 aromatic heterocycles. The third kappa shape index (κ3) is 4.12. The van der Waals surface area contributed by atoms with Crippen molar-refractivity contribution in [2.75, 3.05) is 6.54 Å². The minimum absolute atomic E-state index is 0.431. The van der Waals surface area contributed by atoms with E-state index >= 15 is 0 Å². The Balaban J connectivity index is 2.27. The lowest BCUT2D eigenvalue weighted by molar-refractivity contribution is 0.481. The van der Waals surface area contributed by atoms with Gasteiger partial charge in [-0.3, -0.25) is 0 Å². The minimum Gasteiger partial charge on any atom is -0.454 e. The zero-order chi connectivity index (χ0) is 15.2. The van der Waals surface area contributed by atoms with Gasteiger partial charge >= 0.3 is 0 Å². The molecule has 0 aliphatic carbocycles. The number of nitriles is 1. The molecule has 0 heterocycles. The van der Waals surface area contributed by atoms with Gasteiger partial charge in [0, 0.05) is 17.6 Å². The second-order valence-electron chi connectivity index (χ2n) is 4.40. The summed E-state index contributed by atoms with van der Waals surface area (Å²) in [6.45, 7) is 3.62. The monoisotopic (exact) mass is 320 g/mol. The van der Waals surface area contributed by atoms with E-state index in [1.54, 1.807) is 30.3 Å². The van der Waals surface area contributed by atoms with Gasteiger partial charge in [0.25, 0.3) is 0 Å². The molecule has 2 aromatic carbocycles. The van der Waals surface area contributed by atoms with E-state index in [0.717, 1.165) is 12.1 Å². The Kier molecular flexibility index (Phi) is 5.46. The summed E-state index contributed by atoms with van der Waals surface area (Å²) in [5.41, 5.74) is 1.49. The predicted molar refractivity (Wildman–Crippen MR) is 85.1 cm³/mol. The second kappa shape index (κ2) is 7.33. The standard InChI is InChI=1S/C16H14Cl2N2O/c1-2-20-10-11-3-6-15(12(7-11)9-19)21-16-8-13(17)4-5-14(16)18/h3-8,20H,2,10H2,1H3. The van der Waals surface area contributed by atoms with E-state index in [1.807, 2.05) is 13.0 Å². The van der Waals surface area contributed by atoms with Crippen LogP contribution in [0.4, 0.5) is 0 Å². The lowest BCUT2D eigenvalue weighted by Crippen LogP contribution is -2.11. The molecule has 2 aromatic rings. The number of nitrogens with one attached hydrogen (secondary N) is 1. The van der Waals surface area contributed by atoms with Gasteiger partial charge in [0.15, 0.2) is 0 Å². The molecule has 0 amide bonds. The molecule has 0 fully saturated rings. The van der Waals surface area contributed by atoms with E-state index in [9.17, 15) is 5.26 Å². The number of benzene rings is 2. The molecule has 0 bridgehead atoms. The van der Waals surface area contributed by atoms with Gasteiger partial charge in [0.2, 0.25) is 0 Å². The van der Waals surface area contributed by atoms with Crippen LogP contribution in [0, 0.1) is 11.3 Å². The van der Waals surface area contributed by atoms with Crippen molar-refractivity contribution in [1.29, 1.82) is 5.26 Å². The van der Waals surface area contributed by atoms with Crippen molar-refractivity contribution >= 4 is 23.2 Å². The first-order chi connectivity index (χ1) is 10.1.